The fraction of sp³-hybridized carbons (Fsp3) is 0. The van der Waals surface area contributed by atoms with Gasteiger partial charge in [-0.2, -0.15) is 0 Å². The average Bonchev–Trinajstić information content (AvgIpc) is 1.92. The Morgan fingerprint density at radius 1 is 0.538 bits per heavy atom. The van der Waals surface area contributed by atoms with Crippen LogP contribution in [0.25, 0.3) is 0 Å². The first-order valence-corrected chi connectivity index (χ1v) is 1.46. The first kappa shape index (κ1) is 30.4. The summed E-state index contributed by atoms with van der Waals surface area (Å²) in [5, 5.41) is 36.0. The van der Waals surface area contributed by atoms with Crippen molar-refractivity contribution in [2.24, 2.45) is 21.4 Å². The third-order valence-electron chi connectivity index (χ3n) is 0. The van der Waals surface area contributed by atoms with Crippen LogP contribution in [0, 0.1) is 40.5 Å². The second kappa shape index (κ2) is 185. The molecule has 72 valence electrons. The van der Waals surface area contributed by atoms with Gasteiger partial charge in [-0.1, -0.05) is 0 Å². The first-order chi connectivity index (χ1) is 5.66. The molecule has 0 unspecified atom stereocenters. The van der Waals surface area contributed by atoms with E-state index in [9.17, 15) is 0 Å². The summed E-state index contributed by atoms with van der Waals surface area (Å²) in [6, 6.07) is 0. The van der Waals surface area contributed by atoms with Crippen molar-refractivity contribution in [2.45, 2.75) is 0 Å². The van der Waals surface area contributed by atoms with Crippen molar-refractivity contribution >= 4 is 17.6 Å². The summed E-state index contributed by atoms with van der Waals surface area (Å²) < 4.78 is 0. The third kappa shape index (κ3) is 195. The average molecular weight is 257 g/mol. The summed E-state index contributed by atoms with van der Waals surface area (Å²) in [5.74, 6) is 0. The predicted octanol–water partition coefficient (Wildman–Crippen LogP) is 0.622. The van der Waals surface area contributed by atoms with Gasteiger partial charge < -0.3 is 40.5 Å². The maximum atomic E-state index is 8.00. The van der Waals surface area contributed by atoms with Gasteiger partial charge in [0.25, 0.3) is 0 Å². The normalized spacial score (nSPS) is 3.69. The molecule has 0 aromatic carbocycles. The summed E-state index contributed by atoms with van der Waals surface area (Å²) in [4.78, 5) is 32.0. The van der Waals surface area contributed by atoms with Crippen molar-refractivity contribution in [3.63, 3.8) is 0 Å². The standard InChI is InChI=1S/Ge.4HNO2/c;4*2-1-3/h;4*(H,2,3)/q+4;;;;/p-4. The van der Waals surface area contributed by atoms with Crippen molar-refractivity contribution < 1.29 is 0 Å². The van der Waals surface area contributed by atoms with Crippen LogP contribution in [0.3, 0.4) is 0 Å². The second-order valence-corrected chi connectivity index (χ2v) is 0.298. The Hall–Kier alpha value is -1.86. The van der Waals surface area contributed by atoms with Gasteiger partial charge in [0.2, 0.25) is 0 Å². The molecule has 0 fully saturated rings. The summed E-state index contributed by atoms with van der Waals surface area (Å²) in [7, 11) is 0. The molecular formula is GeN4O8. The van der Waals surface area contributed by atoms with E-state index in [1.54, 1.807) is 0 Å². The fourth-order valence-electron chi connectivity index (χ4n) is 0. The Bertz CT molecular complexity index is 70.1. The van der Waals surface area contributed by atoms with Gasteiger partial charge in [-0.25, -0.2) is 0 Å². The topological polar surface area (TPSA) is 210 Å². The van der Waals surface area contributed by atoms with Crippen molar-refractivity contribution in [2.75, 3.05) is 0 Å². The van der Waals surface area contributed by atoms with Gasteiger partial charge in [-0.15, -0.1) is 21.4 Å². The van der Waals surface area contributed by atoms with E-state index in [-0.39, 0.29) is 17.6 Å². The van der Waals surface area contributed by atoms with Crippen LogP contribution in [-0.4, -0.2) is 17.6 Å². The minimum Gasteiger partial charge on any atom is -0.444 e. The minimum atomic E-state index is 0. The molecule has 0 saturated heterocycles. The first-order valence-electron chi connectivity index (χ1n) is 1.46. The second-order valence-electron chi connectivity index (χ2n) is 0.298. The molecule has 13 heavy (non-hydrogen) atoms. The van der Waals surface area contributed by atoms with E-state index in [0.29, 0.717) is 0 Å². The zero-order valence-corrected chi connectivity index (χ0v) is 7.65. The van der Waals surface area contributed by atoms with Gasteiger partial charge >= 0.3 is 17.6 Å². The van der Waals surface area contributed by atoms with Crippen molar-refractivity contribution in [3.8, 4) is 0 Å². The van der Waals surface area contributed by atoms with Gasteiger partial charge in [0, 0.05) is 0 Å². The van der Waals surface area contributed by atoms with E-state index in [0.717, 1.165) is 21.4 Å². The SMILES string of the molecule is O=N[O-].O=N[O-].O=N[O-].O=N[O-].[Ge+4]. The molecule has 0 bridgehead atoms. The molecule has 0 aliphatic heterocycles. The largest absolute Gasteiger partial charge is 4.00 e. The van der Waals surface area contributed by atoms with Crippen LogP contribution in [0.5, 0.6) is 0 Å². The van der Waals surface area contributed by atoms with Crippen LogP contribution in [0.1, 0.15) is 0 Å². The van der Waals surface area contributed by atoms with E-state index < -0.39 is 0 Å². The molecular weight excluding hydrogens is 257 g/mol. The molecule has 0 aromatic heterocycles. The van der Waals surface area contributed by atoms with Crippen LogP contribution >= 0.6 is 0 Å². The number of nitrogens with zero attached hydrogens (tertiary/aromatic N) is 4. The van der Waals surface area contributed by atoms with Gasteiger partial charge in [-0.3, -0.25) is 0 Å². The molecule has 0 heterocycles. The van der Waals surface area contributed by atoms with E-state index in [1.165, 1.54) is 0 Å². The van der Waals surface area contributed by atoms with E-state index in [4.69, 9.17) is 40.5 Å². The Balaban J connectivity index is -0.0000000213. The number of hydrogen-bond donors (Lipinski definition) is 0. The molecule has 0 N–H and O–H groups in total. The predicted molar refractivity (Wildman–Crippen MR) is 42.4 cm³/mol. The van der Waals surface area contributed by atoms with Gasteiger partial charge in [0.1, 0.15) is 0 Å². The third-order valence-corrected chi connectivity index (χ3v) is 0. The Labute approximate surface area is 80.3 Å². The molecule has 0 saturated carbocycles. The molecule has 12 nitrogen and oxygen atoms in total. The Morgan fingerprint density at radius 2 is 0.538 bits per heavy atom. The fourth-order valence-corrected chi connectivity index (χ4v) is 0. The van der Waals surface area contributed by atoms with Crippen LogP contribution < -0.4 is 0 Å². The minimum absolute atomic E-state index is 0. The Morgan fingerprint density at radius 3 is 0.538 bits per heavy atom. The summed E-state index contributed by atoms with van der Waals surface area (Å²) in [6.07, 6.45) is 0. The van der Waals surface area contributed by atoms with Crippen molar-refractivity contribution in [1.82, 2.24) is 0 Å². The van der Waals surface area contributed by atoms with E-state index >= 15 is 0 Å². The molecule has 0 rings (SSSR count). The van der Waals surface area contributed by atoms with Gasteiger partial charge in [0.05, 0.1) is 0 Å². The summed E-state index contributed by atoms with van der Waals surface area (Å²) in [5.41, 5.74) is 0. The van der Waals surface area contributed by atoms with Gasteiger partial charge in [-0.05, 0) is 0 Å². The molecule has 0 amide bonds. The molecule has 13 heteroatoms. The van der Waals surface area contributed by atoms with Crippen LogP contribution in [0.4, 0.5) is 0 Å². The van der Waals surface area contributed by atoms with Crippen molar-refractivity contribution in [3.05, 3.63) is 40.5 Å². The quantitative estimate of drug-likeness (QED) is 0.339. The summed E-state index contributed by atoms with van der Waals surface area (Å²) in [6.45, 7) is 0. The van der Waals surface area contributed by atoms with Crippen LogP contribution in [-0.2, 0) is 0 Å². The van der Waals surface area contributed by atoms with E-state index in [1.807, 2.05) is 0 Å². The molecule has 0 aliphatic carbocycles. The molecule has 0 radical (unpaired) electrons. The number of hydrogen-bond acceptors (Lipinski definition) is 12. The molecule has 0 aliphatic rings. The van der Waals surface area contributed by atoms with Crippen molar-refractivity contribution in [1.29, 1.82) is 0 Å². The van der Waals surface area contributed by atoms with E-state index in [2.05, 4.69) is 0 Å². The smallest absolute Gasteiger partial charge is 0.444 e. The molecule has 0 spiro atoms. The maximum Gasteiger partial charge on any atom is 4.00 e. The Kier molecular flexibility index (Phi) is 431. The summed E-state index contributed by atoms with van der Waals surface area (Å²) >= 11 is 0. The number of rotatable bonds is 0. The maximum absolute atomic E-state index is 8.00. The van der Waals surface area contributed by atoms with Crippen LogP contribution in [0.15, 0.2) is 21.4 Å². The zero-order valence-electron chi connectivity index (χ0n) is 5.55. The molecule has 0 atom stereocenters. The van der Waals surface area contributed by atoms with Crippen LogP contribution in [0.2, 0.25) is 0 Å². The van der Waals surface area contributed by atoms with Gasteiger partial charge in [0.15, 0.2) is 0 Å². The zero-order chi connectivity index (χ0) is 10.8. The monoisotopic (exact) mass is 258 g/mol. The molecule has 0 aromatic rings.